The van der Waals surface area contributed by atoms with Crippen LogP contribution in [0.1, 0.15) is 11.1 Å². The molecule has 2 aromatic carbocycles. The predicted octanol–water partition coefficient (Wildman–Crippen LogP) is 2.20. The van der Waals surface area contributed by atoms with Gasteiger partial charge in [-0.05, 0) is 23.3 Å². The van der Waals surface area contributed by atoms with E-state index in [0.717, 1.165) is 5.56 Å². The number of carbonyl (C=O) groups is 2. The van der Waals surface area contributed by atoms with Crippen molar-refractivity contribution in [2.45, 2.75) is 19.1 Å². The zero-order valence-electron chi connectivity index (χ0n) is 13.8. The molecule has 2 aromatic rings. The minimum Gasteiger partial charge on any atom is -0.495 e. The summed E-state index contributed by atoms with van der Waals surface area (Å²) in [6.07, 6.45) is -0.717. The summed E-state index contributed by atoms with van der Waals surface area (Å²) in [6.45, 7) is 0.0642. The summed E-state index contributed by atoms with van der Waals surface area (Å²) in [4.78, 5) is 23.3. The van der Waals surface area contributed by atoms with Crippen molar-refractivity contribution in [2.75, 3.05) is 12.8 Å². The summed E-state index contributed by atoms with van der Waals surface area (Å²) in [5.41, 5.74) is 7.67. The van der Waals surface area contributed by atoms with Crippen LogP contribution in [0.2, 0.25) is 0 Å². The molecule has 0 aliphatic carbocycles. The molecule has 0 spiro atoms. The van der Waals surface area contributed by atoms with Gasteiger partial charge in [0, 0.05) is 6.42 Å². The number of alkyl carbamates (subject to hydrolysis) is 1. The highest BCUT2D eigenvalue weighted by molar-refractivity contribution is 5.80. The van der Waals surface area contributed by atoms with Gasteiger partial charge in [-0.1, -0.05) is 36.4 Å². The number of hydrogen-bond acceptors (Lipinski definition) is 5. The van der Waals surface area contributed by atoms with E-state index in [4.69, 9.17) is 15.2 Å². The zero-order valence-corrected chi connectivity index (χ0v) is 13.8. The molecule has 0 bridgehead atoms. The minimum absolute atomic E-state index is 0.0642. The van der Waals surface area contributed by atoms with Crippen molar-refractivity contribution in [3.63, 3.8) is 0 Å². The molecule has 1 atom stereocenters. The molecule has 0 radical (unpaired) electrons. The van der Waals surface area contributed by atoms with E-state index in [1.54, 1.807) is 18.2 Å². The summed E-state index contributed by atoms with van der Waals surface area (Å²) in [7, 11) is 1.48. The van der Waals surface area contributed by atoms with E-state index in [2.05, 4.69) is 5.32 Å². The van der Waals surface area contributed by atoms with E-state index in [1.807, 2.05) is 30.3 Å². The standard InChI is InChI=1S/C18H20N2O5/c1-24-16-10-13(7-8-14(16)19)9-15(17(21)22)20-18(23)25-11-12-5-3-2-4-6-12/h2-8,10,15H,9,11,19H2,1H3,(H,20,23)(H,21,22). The van der Waals surface area contributed by atoms with Crippen molar-refractivity contribution in [1.82, 2.24) is 5.32 Å². The van der Waals surface area contributed by atoms with Crippen LogP contribution in [0.3, 0.4) is 0 Å². The molecule has 7 heteroatoms. The first kappa shape index (κ1) is 18.1. The van der Waals surface area contributed by atoms with Crippen molar-refractivity contribution in [2.24, 2.45) is 0 Å². The molecule has 2 rings (SSSR count). The van der Waals surface area contributed by atoms with E-state index in [0.29, 0.717) is 17.0 Å². The smallest absolute Gasteiger partial charge is 0.408 e. The Bertz CT molecular complexity index is 734. The van der Waals surface area contributed by atoms with E-state index in [-0.39, 0.29) is 13.0 Å². The van der Waals surface area contributed by atoms with Gasteiger partial charge in [-0.3, -0.25) is 0 Å². The molecule has 0 aliphatic rings. The normalized spacial score (nSPS) is 11.4. The Labute approximate surface area is 145 Å². The Morgan fingerprint density at radius 1 is 1.16 bits per heavy atom. The monoisotopic (exact) mass is 344 g/mol. The van der Waals surface area contributed by atoms with Crippen LogP contribution in [0, 0.1) is 0 Å². The largest absolute Gasteiger partial charge is 0.495 e. The zero-order chi connectivity index (χ0) is 18.2. The first-order valence-electron chi connectivity index (χ1n) is 7.62. The molecular weight excluding hydrogens is 324 g/mol. The van der Waals surface area contributed by atoms with Crippen LogP contribution < -0.4 is 15.8 Å². The fraction of sp³-hybridized carbons (Fsp3) is 0.222. The van der Waals surface area contributed by atoms with Crippen molar-refractivity contribution < 1.29 is 24.2 Å². The fourth-order valence-electron chi connectivity index (χ4n) is 2.23. The van der Waals surface area contributed by atoms with Gasteiger partial charge in [0.05, 0.1) is 12.8 Å². The third-order valence-electron chi connectivity index (χ3n) is 3.54. The number of nitrogens with one attached hydrogen (secondary N) is 1. The van der Waals surface area contributed by atoms with Crippen LogP contribution in [0.5, 0.6) is 5.75 Å². The number of carboxylic acids is 1. The van der Waals surface area contributed by atoms with Crippen LogP contribution in [0.15, 0.2) is 48.5 Å². The lowest BCUT2D eigenvalue weighted by Gasteiger charge is -2.15. The second kappa shape index (κ2) is 8.58. The Morgan fingerprint density at radius 3 is 2.52 bits per heavy atom. The van der Waals surface area contributed by atoms with Gasteiger partial charge in [0.2, 0.25) is 0 Å². The number of methoxy groups -OCH3 is 1. The van der Waals surface area contributed by atoms with Gasteiger partial charge in [-0.15, -0.1) is 0 Å². The number of nitrogens with two attached hydrogens (primary N) is 1. The highest BCUT2D eigenvalue weighted by Crippen LogP contribution is 2.22. The highest BCUT2D eigenvalue weighted by Gasteiger charge is 2.21. The lowest BCUT2D eigenvalue weighted by Crippen LogP contribution is -2.42. The third kappa shape index (κ3) is 5.42. The van der Waals surface area contributed by atoms with Gasteiger partial charge in [0.25, 0.3) is 0 Å². The van der Waals surface area contributed by atoms with Crippen LogP contribution in [0.25, 0.3) is 0 Å². The van der Waals surface area contributed by atoms with Gasteiger partial charge >= 0.3 is 12.1 Å². The Hall–Kier alpha value is -3.22. The molecule has 0 fully saturated rings. The Balaban J connectivity index is 1.96. The maximum atomic E-state index is 11.9. The summed E-state index contributed by atoms with van der Waals surface area (Å²) in [5.74, 6) is -0.708. The van der Waals surface area contributed by atoms with Gasteiger partial charge in [-0.2, -0.15) is 0 Å². The summed E-state index contributed by atoms with van der Waals surface area (Å²) in [6, 6.07) is 12.9. The number of benzene rings is 2. The third-order valence-corrected chi connectivity index (χ3v) is 3.54. The molecule has 132 valence electrons. The molecule has 25 heavy (non-hydrogen) atoms. The molecule has 0 aromatic heterocycles. The van der Waals surface area contributed by atoms with Crippen molar-refractivity contribution in [3.8, 4) is 5.75 Å². The molecule has 0 heterocycles. The van der Waals surface area contributed by atoms with Crippen molar-refractivity contribution in [3.05, 3.63) is 59.7 Å². The predicted molar refractivity (Wildman–Crippen MR) is 92.3 cm³/mol. The first-order chi connectivity index (χ1) is 12.0. The second-order valence-corrected chi connectivity index (χ2v) is 5.38. The van der Waals surface area contributed by atoms with Crippen molar-refractivity contribution >= 4 is 17.7 Å². The number of rotatable bonds is 7. The lowest BCUT2D eigenvalue weighted by atomic mass is 10.1. The van der Waals surface area contributed by atoms with Crippen LogP contribution in [0.4, 0.5) is 10.5 Å². The Kier molecular flexibility index (Phi) is 6.22. The number of nitrogen functional groups attached to an aromatic ring is 1. The maximum Gasteiger partial charge on any atom is 0.408 e. The fourth-order valence-corrected chi connectivity index (χ4v) is 2.23. The average Bonchev–Trinajstić information content (AvgIpc) is 2.61. The molecule has 7 nitrogen and oxygen atoms in total. The van der Waals surface area contributed by atoms with E-state index < -0.39 is 18.1 Å². The van der Waals surface area contributed by atoms with Crippen LogP contribution >= 0.6 is 0 Å². The number of aliphatic carboxylic acids is 1. The number of ether oxygens (including phenoxy) is 2. The maximum absolute atomic E-state index is 11.9. The number of anilines is 1. The molecule has 1 unspecified atom stereocenters. The summed E-state index contributed by atoms with van der Waals surface area (Å²) < 4.78 is 10.2. The minimum atomic E-state index is -1.16. The quantitative estimate of drug-likeness (QED) is 0.664. The Morgan fingerprint density at radius 2 is 1.88 bits per heavy atom. The molecule has 1 amide bonds. The molecular formula is C18H20N2O5. The van der Waals surface area contributed by atoms with Crippen LogP contribution in [-0.4, -0.2) is 30.3 Å². The number of carboxylic acid groups (broad SMARTS) is 1. The van der Waals surface area contributed by atoms with Gasteiger partial charge < -0.3 is 25.6 Å². The number of carbonyl (C=O) groups excluding carboxylic acids is 1. The first-order valence-corrected chi connectivity index (χ1v) is 7.62. The van der Waals surface area contributed by atoms with E-state index in [1.165, 1.54) is 7.11 Å². The SMILES string of the molecule is COc1cc(CC(NC(=O)OCc2ccccc2)C(=O)O)ccc1N. The molecule has 0 saturated carbocycles. The molecule has 0 aliphatic heterocycles. The highest BCUT2D eigenvalue weighted by atomic mass is 16.5. The van der Waals surface area contributed by atoms with E-state index in [9.17, 15) is 14.7 Å². The lowest BCUT2D eigenvalue weighted by molar-refractivity contribution is -0.139. The molecule has 0 saturated heterocycles. The van der Waals surface area contributed by atoms with Gasteiger partial charge in [0.1, 0.15) is 18.4 Å². The number of amides is 1. The number of hydrogen-bond donors (Lipinski definition) is 3. The van der Waals surface area contributed by atoms with Gasteiger partial charge in [0.15, 0.2) is 0 Å². The molecule has 4 N–H and O–H groups in total. The summed E-state index contributed by atoms with van der Waals surface area (Å²) in [5, 5.41) is 11.7. The van der Waals surface area contributed by atoms with Crippen molar-refractivity contribution in [1.29, 1.82) is 0 Å². The summed E-state index contributed by atoms with van der Waals surface area (Å²) >= 11 is 0. The topological polar surface area (TPSA) is 111 Å². The van der Waals surface area contributed by atoms with Crippen LogP contribution in [-0.2, 0) is 22.6 Å². The average molecular weight is 344 g/mol. The second-order valence-electron chi connectivity index (χ2n) is 5.38. The van der Waals surface area contributed by atoms with Gasteiger partial charge in [-0.25, -0.2) is 9.59 Å². The van der Waals surface area contributed by atoms with E-state index >= 15 is 0 Å².